The molecule has 0 saturated carbocycles. The Morgan fingerprint density at radius 2 is 2.40 bits per heavy atom. The third-order valence-corrected chi connectivity index (χ3v) is 2.61. The molecule has 0 N–H and O–H groups in total. The maximum Gasteiger partial charge on any atom is 0.0764 e. The summed E-state index contributed by atoms with van der Waals surface area (Å²) in [5, 5.41) is 4.33. The zero-order valence-electron chi connectivity index (χ0n) is 9.48. The molecule has 86 valence electrons. The van der Waals surface area contributed by atoms with Crippen LogP contribution in [0.5, 0.6) is 0 Å². The molecule has 0 saturated heterocycles. The van der Waals surface area contributed by atoms with Crippen LogP contribution in [0, 0.1) is 0 Å². The Kier molecular flexibility index (Phi) is 5.28. The van der Waals surface area contributed by atoms with Gasteiger partial charge >= 0.3 is 0 Å². The third kappa shape index (κ3) is 4.77. The number of alkyl halides is 1. The number of aromatic nitrogens is 2. The predicted molar refractivity (Wildman–Crippen MR) is 64.1 cm³/mol. The SMILES string of the molecule is COCC(Br)CN(C)Cc1ccn(C)n1. The van der Waals surface area contributed by atoms with E-state index in [0.717, 1.165) is 25.4 Å². The van der Waals surface area contributed by atoms with Crippen LogP contribution in [0.3, 0.4) is 0 Å². The molecule has 0 aromatic carbocycles. The molecule has 0 fully saturated rings. The minimum absolute atomic E-state index is 0.371. The summed E-state index contributed by atoms with van der Waals surface area (Å²) in [4.78, 5) is 2.59. The number of hydrogen-bond acceptors (Lipinski definition) is 3. The Bertz CT molecular complexity index is 290. The van der Waals surface area contributed by atoms with Crippen molar-refractivity contribution in [3.05, 3.63) is 18.0 Å². The van der Waals surface area contributed by atoms with Gasteiger partial charge in [0.25, 0.3) is 0 Å². The number of ether oxygens (including phenoxy) is 1. The van der Waals surface area contributed by atoms with E-state index in [9.17, 15) is 0 Å². The summed E-state index contributed by atoms with van der Waals surface area (Å²) < 4.78 is 6.89. The molecule has 1 unspecified atom stereocenters. The van der Waals surface area contributed by atoms with E-state index < -0.39 is 0 Å². The van der Waals surface area contributed by atoms with Crippen molar-refractivity contribution in [1.29, 1.82) is 0 Å². The fourth-order valence-electron chi connectivity index (χ4n) is 1.46. The lowest BCUT2D eigenvalue weighted by atomic mass is 10.3. The van der Waals surface area contributed by atoms with Crippen LogP contribution in [-0.4, -0.2) is 46.8 Å². The summed E-state index contributed by atoms with van der Waals surface area (Å²) in [6.07, 6.45) is 1.96. The lowest BCUT2D eigenvalue weighted by Crippen LogP contribution is -2.28. The third-order valence-electron chi connectivity index (χ3n) is 2.06. The van der Waals surface area contributed by atoms with Crippen LogP contribution >= 0.6 is 15.9 Å². The Morgan fingerprint density at radius 1 is 1.67 bits per heavy atom. The Labute approximate surface area is 99.3 Å². The van der Waals surface area contributed by atoms with E-state index in [1.807, 2.05) is 24.0 Å². The maximum atomic E-state index is 5.07. The van der Waals surface area contributed by atoms with Crippen LogP contribution in [0.1, 0.15) is 5.69 Å². The zero-order valence-corrected chi connectivity index (χ0v) is 11.1. The number of rotatable bonds is 6. The largest absolute Gasteiger partial charge is 0.383 e. The Balaban J connectivity index is 2.32. The van der Waals surface area contributed by atoms with Gasteiger partial charge in [-0.15, -0.1) is 0 Å². The molecule has 0 aliphatic carbocycles. The topological polar surface area (TPSA) is 30.3 Å². The van der Waals surface area contributed by atoms with E-state index in [-0.39, 0.29) is 0 Å². The summed E-state index contributed by atoms with van der Waals surface area (Å²) >= 11 is 3.56. The van der Waals surface area contributed by atoms with Crippen molar-refractivity contribution in [2.24, 2.45) is 7.05 Å². The number of halogens is 1. The molecule has 0 bridgehead atoms. The smallest absolute Gasteiger partial charge is 0.0764 e. The first-order chi connectivity index (χ1) is 7.11. The molecule has 0 spiro atoms. The average molecular weight is 276 g/mol. The van der Waals surface area contributed by atoms with E-state index in [1.54, 1.807) is 7.11 Å². The minimum Gasteiger partial charge on any atom is -0.383 e. The van der Waals surface area contributed by atoms with Crippen LogP contribution in [0.2, 0.25) is 0 Å². The number of hydrogen-bond donors (Lipinski definition) is 0. The Hall–Kier alpha value is -0.390. The summed E-state index contributed by atoms with van der Waals surface area (Å²) in [6, 6.07) is 2.04. The molecule has 1 aromatic heterocycles. The van der Waals surface area contributed by atoms with Crippen molar-refractivity contribution in [2.45, 2.75) is 11.4 Å². The van der Waals surface area contributed by atoms with E-state index >= 15 is 0 Å². The van der Waals surface area contributed by atoms with Gasteiger partial charge < -0.3 is 4.74 Å². The summed E-state index contributed by atoms with van der Waals surface area (Å²) in [5.74, 6) is 0. The number of methoxy groups -OCH3 is 1. The fourth-order valence-corrected chi connectivity index (χ4v) is 2.22. The molecule has 0 aliphatic rings. The zero-order chi connectivity index (χ0) is 11.3. The van der Waals surface area contributed by atoms with Crippen molar-refractivity contribution >= 4 is 15.9 Å². The molecule has 1 aromatic rings. The van der Waals surface area contributed by atoms with Crippen molar-refractivity contribution in [1.82, 2.24) is 14.7 Å². The number of aryl methyl sites for hydroxylation is 1. The van der Waals surface area contributed by atoms with Gasteiger partial charge in [-0.3, -0.25) is 9.58 Å². The molecule has 1 rings (SSSR count). The highest BCUT2D eigenvalue weighted by atomic mass is 79.9. The first-order valence-electron chi connectivity index (χ1n) is 4.92. The molecule has 1 atom stereocenters. The highest BCUT2D eigenvalue weighted by molar-refractivity contribution is 9.09. The van der Waals surface area contributed by atoms with Crippen molar-refractivity contribution in [3.8, 4) is 0 Å². The molecule has 0 radical (unpaired) electrons. The van der Waals surface area contributed by atoms with E-state index in [4.69, 9.17) is 4.74 Å². The van der Waals surface area contributed by atoms with Gasteiger partial charge in [0.2, 0.25) is 0 Å². The van der Waals surface area contributed by atoms with E-state index in [1.165, 1.54) is 0 Å². The quantitative estimate of drug-likeness (QED) is 0.733. The van der Waals surface area contributed by atoms with E-state index in [0.29, 0.717) is 4.83 Å². The van der Waals surface area contributed by atoms with Gasteiger partial charge in [-0.1, -0.05) is 15.9 Å². The van der Waals surface area contributed by atoms with Crippen molar-refractivity contribution < 1.29 is 4.74 Å². The van der Waals surface area contributed by atoms with Gasteiger partial charge in [0.05, 0.1) is 17.1 Å². The minimum atomic E-state index is 0.371. The second-order valence-electron chi connectivity index (χ2n) is 3.73. The Morgan fingerprint density at radius 3 is 2.93 bits per heavy atom. The van der Waals surface area contributed by atoms with Crippen LogP contribution in [0.25, 0.3) is 0 Å². The molecule has 1 heterocycles. The first kappa shape index (κ1) is 12.7. The molecule has 4 nitrogen and oxygen atoms in total. The van der Waals surface area contributed by atoms with Crippen LogP contribution in [0.4, 0.5) is 0 Å². The number of nitrogens with zero attached hydrogens (tertiary/aromatic N) is 3. The van der Waals surface area contributed by atoms with Crippen LogP contribution < -0.4 is 0 Å². The summed E-state index contributed by atoms with van der Waals surface area (Å²) in [7, 11) is 5.73. The molecule has 15 heavy (non-hydrogen) atoms. The van der Waals surface area contributed by atoms with Gasteiger partial charge in [-0.05, 0) is 13.1 Å². The van der Waals surface area contributed by atoms with Gasteiger partial charge in [-0.2, -0.15) is 5.10 Å². The standard InChI is InChI=1S/C10H18BrN3O/c1-13(6-9(11)8-15-3)7-10-4-5-14(2)12-10/h4-5,9H,6-8H2,1-3H3. The second kappa shape index (κ2) is 6.25. The predicted octanol–water partition coefficient (Wildman–Crippen LogP) is 1.26. The van der Waals surface area contributed by atoms with Gasteiger partial charge in [0.15, 0.2) is 0 Å². The summed E-state index contributed by atoms with van der Waals surface area (Å²) in [5.41, 5.74) is 1.09. The monoisotopic (exact) mass is 275 g/mol. The molecular formula is C10H18BrN3O. The lowest BCUT2D eigenvalue weighted by Gasteiger charge is -2.18. The van der Waals surface area contributed by atoms with Crippen LogP contribution in [-0.2, 0) is 18.3 Å². The first-order valence-corrected chi connectivity index (χ1v) is 5.83. The van der Waals surface area contributed by atoms with Crippen LogP contribution in [0.15, 0.2) is 12.3 Å². The highest BCUT2D eigenvalue weighted by Gasteiger charge is 2.09. The highest BCUT2D eigenvalue weighted by Crippen LogP contribution is 2.05. The van der Waals surface area contributed by atoms with Gasteiger partial charge in [0.1, 0.15) is 0 Å². The van der Waals surface area contributed by atoms with Crippen molar-refractivity contribution in [2.75, 3.05) is 27.3 Å². The molecule has 0 aliphatic heterocycles. The maximum absolute atomic E-state index is 5.07. The van der Waals surface area contributed by atoms with Gasteiger partial charge in [0, 0.05) is 33.4 Å². The molecule has 5 heteroatoms. The molecular weight excluding hydrogens is 258 g/mol. The molecule has 0 amide bonds. The normalized spacial score (nSPS) is 13.4. The lowest BCUT2D eigenvalue weighted by molar-refractivity contribution is 0.184. The summed E-state index contributed by atoms with van der Waals surface area (Å²) in [6.45, 7) is 2.55. The second-order valence-corrected chi connectivity index (χ2v) is 5.03. The van der Waals surface area contributed by atoms with Crippen molar-refractivity contribution in [3.63, 3.8) is 0 Å². The average Bonchev–Trinajstić information content (AvgIpc) is 2.51. The van der Waals surface area contributed by atoms with Gasteiger partial charge in [-0.25, -0.2) is 0 Å². The fraction of sp³-hybridized carbons (Fsp3) is 0.700. The van der Waals surface area contributed by atoms with E-state index in [2.05, 4.69) is 33.0 Å².